The van der Waals surface area contributed by atoms with Gasteiger partial charge in [-0.15, -0.1) is 0 Å². The van der Waals surface area contributed by atoms with E-state index in [1.807, 2.05) is 0 Å². The molecule has 0 aliphatic carbocycles. The molecule has 0 amide bonds. The Balaban J connectivity index is 3.10. The highest BCUT2D eigenvalue weighted by Crippen LogP contribution is 2.19. The van der Waals surface area contributed by atoms with Crippen LogP contribution in [0.2, 0.25) is 5.02 Å². The van der Waals surface area contributed by atoms with Crippen LogP contribution in [-0.2, 0) is 6.42 Å². The predicted molar refractivity (Wildman–Crippen MR) is 54.0 cm³/mol. The summed E-state index contributed by atoms with van der Waals surface area (Å²) in [5.74, 6) is -1.12. The number of rotatable bonds is 2. The second-order valence-electron chi connectivity index (χ2n) is 2.29. The van der Waals surface area contributed by atoms with Crippen LogP contribution in [0.1, 0.15) is 5.56 Å². The van der Waals surface area contributed by atoms with Gasteiger partial charge in [0, 0.05) is 15.0 Å². The van der Waals surface area contributed by atoms with Gasteiger partial charge < -0.3 is 0 Å². The number of halogens is 4. The van der Waals surface area contributed by atoms with Crippen LogP contribution in [0.25, 0.3) is 0 Å². The Kier molecular flexibility index (Phi) is 3.71. The molecule has 0 aliphatic rings. The molecule has 12 heavy (non-hydrogen) atoms. The zero-order valence-electron chi connectivity index (χ0n) is 6.08. The van der Waals surface area contributed by atoms with Gasteiger partial charge in [0.25, 0.3) is 0 Å². The molecule has 0 aromatic heterocycles. The van der Waals surface area contributed by atoms with E-state index in [1.54, 1.807) is 0 Å². The van der Waals surface area contributed by atoms with Crippen LogP contribution in [-0.4, -0.2) is 4.43 Å². The zero-order valence-corrected chi connectivity index (χ0v) is 8.99. The van der Waals surface area contributed by atoms with Crippen molar-refractivity contribution in [1.29, 1.82) is 0 Å². The quantitative estimate of drug-likeness (QED) is 0.578. The van der Waals surface area contributed by atoms with E-state index in [2.05, 4.69) is 22.6 Å². The third-order valence-electron chi connectivity index (χ3n) is 1.45. The molecule has 0 bridgehead atoms. The van der Waals surface area contributed by atoms with Crippen molar-refractivity contribution in [2.24, 2.45) is 0 Å². The van der Waals surface area contributed by atoms with Crippen LogP contribution in [0.4, 0.5) is 8.78 Å². The molecule has 0 saturated heterocycles. The Morgan fingerprint density at radius 1 is 1.25 bits per heavy atom. The maximum atomic E-state index is 13.0. The average Bonchev–Trinajstić information content (AvgIpc) is 1.96. The van der Waals surface area contributed by atoms with E-state index >= 15 is 0 Å². The fraction of sp³-hybridized carbons (Fsp3) is 0.250. The summed E-state index contributed by atoms with van der Waals surface area (Å²) in [5, 5.41) is 0.0993. The molecule has 0 spiro atoms. The van der Waals surface area contributed by atoms with Crippen molar-refractivity contribution in [3.05, 3.63) is 34.4 Å². The van der Waals surface area contributed by atoms with E-state index in [0.29, 0.717) is 10.8 Å². The lowest BCUT2D eigenvalue weighted by molar-refractivity contribution is 0.560. The van der Waals surface area contributed by atoms with Crippen molar-refractivity contribution in [1.82, 2.24) is 0 Å². The highest BCUT2D eigenvalue weighted by atomic mass is 127. The molecule has 0 saturated carbocycles. The van der Waals surface area contributed by atoms with Crippen LogP contribution in [0.5, 0.6) is 0 Å². The molecule has 0 nitrogen and oxygen atoms in total. The minimum atomic E-state index is -0.559. The number of hydrogen-bond acceptors (Lipinski definition) is 0. The Morgan fingerprint density at radius 2 is 1.75 bits per heavy atom. The Morgan fingerprint density at radius 3 is 2.17 bits per heavy atom. The van der Waals surface area contributed by atoms with Gasteiger partial charge in [-0.3, -0.25) is 0 Å². The van der Waals surface area contributed by atoms with E-state index in [1.165, 1.54) is 0 Å². The van der Waals surface area contributed by atoms with Crippen LogP contribution in [0.3, 0.4) is 0 Å². The van der Waals surface area contributed by atoms with E-state index < -0.39 is 11.6 Å². The van der Waals surface area contributed by atoms with Gasteiger partial charge in [0.15, 0.2) is 0 Å². The van der Waals surface area contributed by atoms with Crippen molar-refractivity contribution in [3.63, 3.8) is 0 Å². The Bertz CT molecular complexity index is 265. The first-order chi connectivity index (χ1) is 5.65. The van der Waals surface area contributed by atoms with Crippen molar-refractivity contribution in [3.8, 4) is 0 Å². The number of alkyl halides is 1. The normalized spacial score (nSPS) is 10.3. The van der Waals surface area contributed by atoms with Gasteiger partial charge >= 0.3 is 0 Å². The summed E-state index contributed by atoms with van der Waals surface area (Å²) in [5.41, 5.74) is 0.119. The summed E-state index contributed by atoms with van der Waals surface area (Å²) in [4.78, 5) is 0. The summed E-state index contributed by atoms with van der Waals surface area (Å²) < 4.78 is 26.6. The molecule has 4 heteroatoms. The van der Waals surface area contributed by atoms with Gasteiger partial charge in [-0.1, -0.05) is 34.2 Å². The summed E-state index contributed by atoms with van der Waals surface area (Å²) in [6.45, 7) is 0. The first-order valence-electron chi connectivity index (χ1n) is 3.34. The van der Waals surface area contributed by atoms with Crippen molar-refractivity contribution >= 4 is 34.2 Å². The van der Waals surface area contributed by atoms with Crippen LogP contribution >= 0.6 is 34.2 Å². The van der Waals surface area contributed by atoms with E-state index in [-0.39, 0.29) is 10.6 Å². The third kappa shape index (κ3) is 2.29. The molecule has 0 aliphatic heterocycles. The molecule has 66 valence electrons. The highest BCUT2D eigenvalue weighted by molar-refractivity contribution is 14.1. The van der Waals surface area contributed by atoms with Crippen molar-refractivity contribution in [2.45, 2.75) is 6.42 Å². The summed E-state index contributed by atoms with van der Waals surface area (Å²) >= 11 is 7.51. The van der Waals surface area contributed by atoms with Crippen LogP contribution in [0, 0.1) is 11.6 Å². The first-order valence-corrected chi connectivity index (χ1v) is 5.25. The molecule has 0 N–H and O–H groups in total. The minimum absolute atomic E-state index is 0.0993. The largest absolute Gasteiger partial charge is 0.207 e. The lowest BCUT2D eigenvalue weighted by atomic mass is 10.1. The van der Waals surface area contributed by atoms with Gasteiger partial charge in [0.1, 0.15) is 11.6 Å². The van der Waals surface area contributed by atoms with Gasteiger partial charge in [-0.25, -0.2) is 8.78 Å². The molecule has 0 radical (unpaired) electrons. The van der Waals surface area contributed by atoms with Crippen molar-refractivity contribution in [2.75, 3.05) is 4.43 Å². The highest BCUT2D eigenvalue weighted by Gasteiger charge is 2.08. The fourth-order valence-corrected chi connectivity index (χ4v) is 1.64. The molecule has 0 fully saturated rings. The molecule has 0 heterocycles. The van der Waals surface area contributed by atoms with E-state index in [9.17, 15) is 8.78 Å². The smallest absolute Gasteiger partial charge is 0.130 e. The zero-order chi connectivity index (χ0) is 9.14. The molecule has 1 aromatic rings. The topological polar surface area (TPSA) is 0 Å². The lowest BCUT2D eigenvalue weighted by Gasteiger charge is -2.02. The maximum absolute atomic E-state index is 13.0. The SMILES string of the molecule is Fc1cc(Cl)cc(F)c1CCI. The third-order valence-corrected chi connectivity index (χ3v) is 2.21. The standard InChI is InChI=1S/C8H6ClF2I/c9-5-3-7(10)6(1-2-12)8(11)4-5/h3-4H,1-2H2. The molecule has 1 aromatic carbocycles. The van der Waals surface area contributed by atoms with Gasteiger partial charge in [0.05, 0.1) is 0 Å². The van der Waals surface area contributed by atoms with E-state index in [4.69, 9.17) is 11.6 Å². The van der Waals surface area contributed by atoms with Crippen LogP contribution in [0.15, 0.2) is 12.1 Å². The fourth-order valence-electron chi connectivity index (χ4n) is 0.905. The number of benzene rings is 1. The molecule has 1 rings (SSSR count). The molecule has 0 atom stereocenters. The van der Waals surface area contributed by atoms with Crippen LogP contribution < -0.4 is 0 Å². The monoisotopic (exact) mass is 302 g/mol. The van der Waals surface area contributed by atoms with Gasteiger partial charge in [0.2, 0.25) is 0 Å². The van der Waals surface area contributed by atoms with Gasteiger partial charge in [-0.05, 0) is 18.6 Å². The first kappa shape index (κ1) is 10.2. The minimum Gasteiger partial charge on any atom is -0.207 e. The summed E-state index contributed by atoms with van der Waals surface area (Å²) in [6.07, 6.45) is 0.398. The van der Waals surface area contributed by atoms with Gasteiger partial charge in [-0.2, -0.15) is 0 Å². The maximum Gasteiger partial charge on any atom is 0.130 e. The summed E-state index contributed by atoms with van der Waals surface area (Å²) in [7, 11) is 0. The second-order valence-corrected chi connectivity index (χ2v) is 3.80. The second kappa shape index (κ2) is 4.37. The predicted octanol–water partition coefficient (Wildman–Crippen LogP) is 3.60. The molecular weight excluding hydrogens is 296 g/mol. The van der Waals surface area contributed by atoms with Crippen molar-refractivity contribution < 1.29 is 8.78 Å². The summed E-state index contributed by atoms with van der Waals surface area (Å²) in [6, 6.07) is 2.26. The Hall–Kier alpha value is 0.100. The Labute approximate surface area is 88.1 Å². The van der Waals surface area contributed by atoms with E-state index in [0.717, 1.165) is 12.1 Å². The lowest BCUT2D eigenvalue weighted by Crippen LogP contribution is -1.96. The molecule has 0 unspecified atom stereocenters. The number of hydrogen-bond donors (Lipinski definition) is 0. The molecular formula is C8H6ClF2I. The average molecular weight is 302 g/mol.